The van der Waals surface area contributed by atoms with Crippen molar-refractivity contribution >= 4 is 16.8 Å². The molecule has 0 atom stereocenters. The molecule has 1 N–H and O–H groups in total. The van der Waals surface area contributed by atoms with Gasteiger partial charge in [0.25, 0.3) is 5.91 Å². The molecule has 0 fully saturated rings. The van der Waals surface area contributed by atoms with Crippen LogP contribution in [0.1, 0.15) is 5.56 Å². The van der Waals surface area contributed by atoms with Gasteiger partial charge in [-0.1, -0.05) is 47.7 Å². The van der Waals surface area contributed by atoms with Crippen molar-refractivity contribution in [3.8, 4) is 23.3 Å². The van der Waals surface area contributed by atoms with Crippen LogP contribution < -0.4 is 14.8 Å². The van der Waals surface area contributed by atoms with Crippen molar-refractivity contribution < 1.29 is 14.3 Å². The molecule has 3 rings (SSSR count). The number of aryl methyl sites for hydroxylation is 1. The van der Waals surface area contributed by atoms with Crippen LogP contribution >= 0.6 is 0 Å². The van der Waals surface area contributed by atoms with Gasteiger partial charge in [-0.05, 0) is 31.2 Å². The summed E-state index contributed by atoms with van der Waals surface area (Å²) < 4.78 is 11.1. The predicted octanol–water partition coefficient (Wildman–Crippen LogP) is 3.12. The van der Waals surface area contributed by atoms with Crippen LogP contribution in [0.2, 0.25) is 0 Å². The van der Waals surface area contributed by atoms with Crippen LogP contribution in [0.25, 0.3) is 10.9 Å². The van der Waals surface area contributed by atoms with E-state index in [0.717, 1.165) is 16.5 Å². The number of pyridine rings is 1. The monoisotopic (exact) mass is 360 g/mol. The topological polar surface area (TPSA) is 60.5 Å². The molecule has 0 saturated carbocycles. The van der Waals surface area contributed by atoms with E-state index >= 15 is 0 Å². The lowest BCUT2D eigenvalue weighted by Gasteiger charge is -2.06. The number of nitrogens with zero attached hydrogens (tertiary/aromatic N) is 1. The van der Waals surface area contributed by atoms with Gasteiger partial charge in [0.1, 0.15) is 23.6 Å². The molecular formula is C22H20N2O3. The number of carbonyl (C=O) groups excluding carboxylic acids is 1. The summed E-state index contributed by atoms with van der Waals surface area (Å²) in [6.07, 6.45) is 1.73. The van der Waals surface area contributed by atoms with Crippen molar-refractivity contribution in [3.05, 3.63) is 66.4 Å². The average molecular weight is 360 g/mol. The Morgan fingerprint density at radius 3 is 2.70 bits per heavy atom. The van der Waals surface area contributed by atoms with Gasteiger partial charge in [-0.25, -0.2) is 0 Å². The molecule has 1 amide bonds. The van der Waals surface area contributed by atoms with E-state index in [1.807, 2.05) is 61.5 Å². The maximum Gasteiger partial charge on any atom is 0.258 e. The quantitative estimate of drug-likeness (QED) is 0.686. The van der Waals surface area contributed by atoms with Crippen LogP contribution in [0.3, 0.4) is 0 Å². The zero-order valence-corrected chi connectivity index (χ0v) is 15.1. The van der Waals surface area contributed by atoms with E-state index in [-0.39, 0.29) is 25.7 Å². The van der Waals surface area contributed by atoms with Crippen molar-refractivity contribution in [1.29, 1.82) is 0 Å². The number of para-hydroxylation sites is 1. The van der Waals surface area contributed by atoms with E-state index in [1.165, 1.54) is 0 Å². The van der Waals surface area contributed by atoms with Gasteiger partial charge in [0.05, 0.1) is 6.54 Å². The second-order valence-electron chi connectivity index (χ2n) is 5.85. The molecule has 0 aliphatic heterocycles. The molecule has 5 nitrogen and oxygen atoms in total. The Hall–Kier alpha value is -3.52. The van der Waals surface area contributed by atoms with Gasteiger partial charge in [0.2, 0.25) is 0 Å². The molecule has 0 radical (unpaired) electrons. The van der Waals surface area contributed by atoms with Crippen LogP contribution in [0.15, 0.2) is 60.8 Å². The minimum atomic E-state index is -0.218. The van der Waals surface area contributed by atoms with Crippen molar-refractivity contribution in [2.24, 2.45) is 0 Å². The van der Waals surface area contributed by atoms with Crippen LogP contribution in [-0.4, -0.2) is 30.6 Å². The molecule has 2 aromatic carbocycles. The van der Waals surface area contributed by atoms with Crippen LogP contribution in [0, 0.1) is 18.8 Å². The number of benzene rings is 2. The van der Waals surface area contributed by atoms with E-state index in [0.29, 0.717) is 11.5 Å². The molecule has 1 aromatic heterocycles. The fourth-order valence-electron chi connectivity index (χ4n) is 2.40. The first-order valence-electron chi connectivity index (χ1n) is 8.61. The summed E-state index contributed by atoms with van der Waals surface area (Å²) in [5, 5.41) is 3.70. The minimum Gasteiger partial charge on any atom is -0.484 e. The first kappa shape index (κ1) is 18.3. The summed E-state index contributed by atoms with van der Waals surface area (Å²) in [5.74, 6) is 6.88. The summed E-state index contributed by atoms with van der Waals surface area (Å²) >= 11 is 0. The SMILES string of the molecule is Cc1ccc(OCC(=O)NCC#CCOc2cccc3cccnc23)cc1. The Labute approximate surface area is 158 Å². The fourth-order valence-corrected chi connectivity index (χ4v) is 2.40. The third kappa shape index (κ3) is 5.48. The summed E-state index contributed by atoms with van der Waals surface area (Å²) in [6, 6.07) is 17.2. The highest BCUT2D eigenvalue weighted by Gasteiger charge is 2.02. The molecule has 0 spiro atoms. The minimum absolute atomic E-state index is 0.0388. The lowest BCUT2D eigenvalue weighted by atomic mass is 10.2. The third-order valence-electron chi connectivity index (χ3n) is 3.79. The van der Waals surface area contributed by atoms with Gasteiger partial charge in [-0.2, -0.15) is 0 Å². The van der Waals surface area contributed by atoms with Gasteiger partial charge < -0.3 is 14.8 Å². The highest BCUT2D eigenvalue weighted by atomic mass is 16.5. The first-order chi connectivity index (χ1) is 13.2. The third-order valence-corrected chi connectivity index (χ3v) is 3.79. The highest BCUT2D eigenvalue weighted by molar-refractivity contribution is 5.84. The molecule has 0 aliphatic carbocycles. The van der Waals surface area contributed by atoms with E-state index in [4.69, 9.17) is 9.47 Å². The van der Waals surface area contributed by atoms with Crippen molar-refractivity contribution in [1.82, 2.24) is 10.3 Å². The molecule has 27 heavy (non-hydrogen) atoms. The molecule has 0 saturated heterocycles. The Morgan fingerprint density at radius 2 is 1.85 bits per heavy atom. The van der Waals surface area contributed by atoms with Crippen LogP contribution in [-0.2, 0) is 4.79 Å². The van der Waals surface area contributed by atoms with Gasteiger partial charge in [0.15, 0.2) is 6.61 Å². The Balaban J connectivity index is 1.39. The van der Waals surface area contributed by atoms with E-state index in [2.05, 4.69) is 22.1 Å². The predicted molar refractivity (Wildman–Crippen MR) is 105 cm³/mol. The molecule has 5 heteroatoms. The van der Waals surface area contributed by atoms with Crippen molar-refractivity contribution in [2.45, 2.75) is 6.92 Å². The number of carbonyl (C=O) groups is 1. The Kier molecular flexibility index (Phi) is 6.26. The number of ether oxygens (including phenoxy) is 2. The van der Waals surface area contributed by atoms with Gasteiger partial charge in [-0.15, -0.1) is 0 Å². The lowest BCUT2D eigenvalue weighted by molar-refractivity contribution is -0.122. The number of hydrogen-bond acceptors (Lipinski definition) is 4. The zero-order chi connectivity index (χ0) is 18.9. The lowest BCUT2D eigenvalue weighted by Crippen LogP contribution is -2.29. The molecule has 0 aliphatic rings. The summed E-state index contributed by atoms with van der Waals surface area (Å²) in [7, 11) is 0. The number of aromatic nitrogens is 1. The smallest absolute Gasteiger partial charge is 0.258 e. The van der Waals surface area contributed by atoms with E-state index < -0.39 is 0 Å². The average Bonchev–Trinajstić information content (AvgIpc) is 2.70. The molecule has 136 valence electrons. The highest BCUT2D eigenvalue weighted by Crippen LogP contribution is 2.22. The number of hydrogen-bond donors (Lipinski definition) is 1. The zero-order valence-electron chi connectivity index (χ0n) is 15.1. The number of fused-ring (bicyclic) bond motifs is 1. The first-order valence-corrected chi connectivity index (χ1v) is 8.61. The molecular weight excluding hydrogens is 340 g/mol. The van der Waals surface area contributed by atoms with E-state index in [9.17, 15) is 4.79 Å². The Bertz CT molecular complexity index is 967. The summed E-state index contributed by atoms with van der Waals surface area (Å²) in [6.45, 7) is 2.43. The van der Waals surface area contributed by atoms with Crippen molar-refractivity contribution in [2.75, 3.05) is 19.8 Å². The second kappa shape index (κ2) is 9.25. The molecule has 3 aromatic rings. The standard InChI is InChI=1S/C22H20N2O3/c1-17-9-11-19(12-10-17)27-16-21(25)23-13-2-3-15-26-20-8-4-6-18-7-5-14-24-22(18)20/h4-12,14H,13,15-16H2,1H3,(H,23,25). The van der Waals surface area contributed by atoms with Gasteiger partial charge in [0, 0.05) is 11.6 Å². The van der Waals surface area contributed by atoms with Crippen molar-refractivity contribution in [3.63, 3.8) is 0 Å². The van der Waals surface area contributed by atoms with Gasteiger partial charge in [-0.3, -0.25) is 9.78 Å². The number of rotatable bonds is 6. The maximum absolute atomic E-state index is 11.7. The summed E-state index contributed by atoms with van der Waals surface area (Å²) in [4.78, 5) is 16.1. The molecule has 0 unspecified atom stereocenters. The van der Waals surface area contributed by atoms with E-state index in [1.54, 1.807) is 6.20 Å². The maximum atomic E-state index is 11.7. The number of nitrogens with one attached hydrogen (secondary N) is 1. The number of amides is 1. The fraction of sp³-hybridized carbons (Fsp3) is 0.182. The molecule has 0 bridgehead atoms. The normalized spacial score (nSPS) is 9.96. The Morgan fingerprint density at radius 1 is 1.04 bits per heavy atom. The van der Waals surface area contributed by atoms with Crippen LogP contribution in [0.4, 0.5) is 0 Å². The summed E-state index contributed by atoms with van der Waals surface area (Å²) in [5.41, 5.74) is 1.95. The largest absolute Gasteiger partial charge is 0.484 e. The molecule has 1 heterocycles. The van der Waals surface area contributed by atoms with Gasteiger partial charge >= 0.3 is 0 Å². The van der Waals surface area contributed by atoms with Crippen LogP contribution in [0.5, 0.6) is 11.5 Å². The second-order valence-corrected chi connectivity index (χ2v) is 5.85.